The van der Waals surface area contributed by atoms with Gasteiger partial charge in [0.05, 0.1) is 18.4 Å². The molecule has 0 aromatic carbocycles. The standard InChI is InChI=1S/C17H28N2O/c1-3-14-6-5-7-17(10-14)20-13-16-9-8-15(12-19-16)11-18-4-2/h8-9,12,14,17-18H,3-7,10-11,13H2,1-2H3. The third-order valence-electron chi connectivity index (χ3n) is 4.24. The van der Waals surface area contributed by atoms with E-state index in [1.165, 1.54) is 37.7 Å². The molecule has 0 aliphatic heterocycles. The fourth-order valence-electron chi connectivity index (χ4n) is 2.88. The quantitative estimate of drug-likeness (QED) is 0.825. The number of pyridine rings is 1. The maximum Gasteiger partial charge on any atom is 0.0891 e. The average Bonchev–Trinajstić information content (AvgIpc) is 2.52. The molecular formula is C17H28N2O. The molecule has 1 saturated carbocycles. The van der Waals surface area contributed by atoms with E-state index in [0.29, 0.717) is 12.7 Å². The van der Waals surface area contributed by atoms with Gasteiger partial charge in [-0.15, -0.1) is 0 Å². The zero-order chi connectivity index (χ0) is 14.2. The number of rotatable bonds is 7. The molecule has 0 spiro atoms. The first-order valence-electron chi connectivity index (χ1n) is 8.08. The first-order chi connectivity index (χ1) is 9.81. The number of hydrogen-bond donors (Lipinski definition) is 1. The molecule has 2 atom stereocenters. The van der Waals surface area contributed by atoms with Crippen LogP contribution in [0.4, 0.5) is 0 Å². The Morgan fingerprint density at radius 2 is 2.20 bits per heavy atom. The molecule has 1 N–H and O–H groups in total. The van der Waals surface area contributed by atoms with E-state index in [1.54, 1.807) is 0 Å². The van der Waals surface area contributed by atoms with Crippen molar-refractivity contribution in [2.75, 3.05) is 6.54 Å². The predicted molar refractivity (Wildman–Crippen MR) is 82.4 cm³/mol. The summed E-state index contributed by atoms with van der Waals surface area (Å²) in [5.74, 6) is 0.865. The van der Waals surface area contributed by atoms with Gasteiger partial charge in [0.1, 0.15) is 0 Å². The molecule has 2 unspecified atom stereocenters. The maximum atomic E-state index is 6.04. The molecule has 0 saturated heterocycles. The summed E-state index contributed by atoms with van der Waals surface area (Å²) in [6.07, 6.45) is 8.83. The summed E-state index contributed by atoms with van der Waals surface area (Å²) in [5, 5.41) is 3.31. The van der Waals surface area contributed by atoms with Crippen LogP contribution in [0.5, 0.6) is 0 Å². The van der Waals surface area contributed by atoms with Gasteiger partial charge in [0.25, 0.3) is 0 Å². The van der Waals surface area contributed by atoms with Crippen LogP contribution in [0.3, 0.4) is 0 Å². The predicted octanol–water partition coefficient (Wildman–Crippen LogP) is 3.68. The number of ether oxygens (including phenoxy) is 1. The van der Waals surface area contributed by atoms with Gasteiger partial charge in [0, 0.05) is 12.7 Å². The van der Waals surface area contributed by atoms with Crippen LogP contribution in [-0.4, -0.2) is 17.6 Å². The molecule has 0 bridgehead atoms. The van der Waals surface area contributed by atoms with E-state index in [9.17, 15) is 0 Å². The smallest absolute Gasteiger partial charge is 0.0891 e. The van der Waals surface area contributed by atoms with Crippen molar-refractivity contribution in [3.63, 3.8) is 0 Å². The summed E-state index contributed by atoms with van der Waals surface area (Å²) < 4.78 is 6.04. The average molecular weight is 276 g/mol. The molecule has 0 radical (unpaired) electrons. The Kier molecular flexibility index (Phi) is 6.48. The van der Waals surface area contributed by atoms with Crippen LogP contribution in [0.25, 0.3) is 0 Å². The van der Waals surface area contributed by atoms with Crippen molar-refractivity contribution < 1.29 is 4.74 Å². The van der Waals surface area contributed by atoms with E-state index >= 15 is 0 Å². The highest BCUT2D eigenvalue weighted by Gasteiger charge is 2.21. The molecule has 0 amide bonds. The van der Waals surface area contributed by atoms with Crippen molar-refractivity contribution in [3.05, 3.63) is 29.6 Å². The summed E-state index contributed by atoms with van der Waals surface area (Å²) in [4.78, 5) is 4.49. The van der Waals surface area contributed by atoms with E-state index in [4.69, 9.17) is 4.74 Å². The van der Waals surface area contributed by atoms with E-state index in [2.05, 4.69) is 36.3 Å². The van der Waals surface area contributed by atoms with Crippen molar-refractivity contribution >= 4 is 0 Å². The topological polar surface area (TPSA) is 34.1 Å². The summed E-state index contributed by atoms with van der Waals surface area (Å²) in [6.45, 7) is 6.94. The molecule has 3 heteroatoms. The van der Waals surface area contributed by atoms with E-state index in [0.717, 1.165) is 24.7 Å². The molecule has 20 heavy (non-hydrogen) atoms. The first-order valence-corrected chi connectivity index (χ1v) is 8.08. The van der Waals surface area contributed by atoms with Crippen LogP contribution in [-0.2, 0) is 17.9 Å². The Morgan fingerprint density at radius 3 is 2.90 bits per heavy atom. The van der Waals surface area contributed by atoms with Gasteiger partial charge in [-0.1, -0.05) is 39.2 Å². The normalized spacial score (nSPS) is 22.9. The van der Waals surface area contributed by atoms with Crippen LogP contribution < -0.4 is 5.32 Å². The van der Waals surface area contributed by atoms with Crippen LogP contribution in [0, 0.1) is 5.92 Å². The molecule has 112 valence electrons. The fourth-order valence-corrected chi connectivity index (χ4v) is 2.88. The summed E-state index contributed by atoms with van der Waals surface area (Å²) >= 11 is 0. The van der Waals surface area contributed by atoms with Crippen LogP contribution in [0.2, 0.25) is 0 Å². The van der Waals surface area contributed by atoms with Crippen molar-refractivity contribution in [2.24, 2.45) is 5.92 Å². The number of hydrogen-bond acceptors (Lipinski definition) is 3. The minimum atomic E-state index is 0.442. The molecule has 1 heterocycles. The zero-order valence-corrected chi connectivity index (χ0v) is 12.9. The van der Waals surface area contributed by atoms with Gasteiger partial charge >= 0.3 is 0 Å². The lowest BCUT2D eigenvalue weighted by molar-refractivity contribution is 0.000342. The number of nitrogens with one attached hydrogen (secondary N) is 1. The van der Waals surface area contributed by atoms with Crippen molar-refractivity contribution in [3.8, 4) is 0 Å². The van der Waals surface area contributed by atoms with Crippen molar-refractivity contribution in [1.82, 2.24) is 10.3 Å². The molecule has 2 rings (SSSR count). The highest BCUT2D eigenvalue weighted by atomic mass is 16.5. The van der Waals surface area contributed by atoms with Gasteiger partial charge < -0.3 is 10.1 Å². The van der Waals surface area contributed by atoms with Gasteiger partial charge in [-0.05, 0) is 36.9 Å². The lowest BCUT2D eigenvalue weighted by Gasteiger charge is -2.28. The third kappa shape index (κ3) is 4.88. The fraction of sp³-hybridized carbons (Fsp3) is 0.706. The largest absolute Gasteiger partial charge is 0.372 e. The van der Waals surface area contributed by atoms with E-state index in [1.807, 2.05) is 6.20 Å². The highest BCUT2D eigenvalue weighted by Crippen LogP contribution is 2.28. The maximum absolute atomic E-state index is 6.04. The van der Waals surface area contributed by atoms with Crippen LogP contribution in [0.15, 0.2) is 18.3 Å². The van der Waals surface area contributed by atoms with E-state index in [-0.39, 0.29) is 0 Å². The van der Waals surface area contributed by atoms with Crippen LogP contribution >= 0.6 is 0 Å². The highest BCUT2D eigenvalue weighted by molar-refractivity contribution is 5.13. The summed E-state index contributed by atoms with van der Waals surface area (Å²) in [5.41, 5.74) is 2.28. The monoisotopic (exact) mass is 276 g/mol. The molecule has 1 aromatic heterocycles. The molecule has 1 fully saturated rings. The summed E-state index contributed by atoms with van der Waals surface area (Å²) in [7, 11) is 0. The second-order valence-electron chi connectivity index (χ2n) is 5.81. The molecule has 1 aliphatic carbocycles. The molecule has 1 aromatic rings. The third-order valence-corrected chi connectivity index (χ3v) is 4.24. The lowest BCUT2D eigenvalue weighted by Crippen LogP contribution is -2.22. The Hall–Kier alpha value is -0.930. The lowest BCUT2D eigenvalue weighted by atomic mass is 9.85. The second-order valence-corrected chi connectivity index (χ2v) is 5.81. The molecule has 3 nitrogen and oxygen atoms in total. The van der Waals surface area contributed by atoms with Crippen molar-refractivity contribution in [1.29, 1.82) is 0 Å². The number of aromatic nitrogens is 1. The van der Waals surface area contributed by atoms with Crippen molar-refractivity contribution in [2.45, 2.75) is 65.2 Å². The Bertz CT molecular complexity index is 377. The van der Waals surface area contributed by atoms with Gasteiger partial charge in [-0.25, -0.2) is 0 Å². The van der Waals surface area contributed by atoms with Gasteiger partial charge in [-0.3, -0.25) is 4.98 Å². The Labute approximate surface area is 123 Å². The zero-order valence-electron chi connectivity index (χ0n) is 12.9. The molecular weight excluding hydrogens is 248 g/mol. The van der Waals surface area contributed by atoms with Gasteiger partial charge in [0.15, 0.2) is 0 Å². The minimum Gasteiger partial charge on any atom is -0.372 e. The second kappa shape index (κ2) is 8.38. The van der Waals surface area contributed by atoms with Gasteiger partial charge in [0.2, 0.25) is 0 Å². The van der Waals surface area contributed by atoms with Gasteiger partial charge in [-0.2, -0.15) is 0 Å². The number of nitrogens with zero attached hydrogens (tertiary/aromatic N) is 1. The van der Waals surface area contributed by atoms with Crippen LogP contribution in [0.1, 0.15) is 57.2 Å². The minimum absolute atomic E-state index is 0.442. The Morgan fingerprint density at radius 1 is 1.30 bits per heavy atom. The Balaban J connectivity index is 1.75. The molecule has 1 aliphatic rings. The SMILES string of the molecule is CCNCc1ccc(COC2CCCC(CC)C2)nc1. The first kappa shape index (κ1) is 15.5. The summed E-state index contributed by atoms with van der Waals surface area (Å²) in [6, 6.07) is 4.23. The van der Waals surface area contributed by atoms with E-state index < -0.39 is 0 Å².